The highest BCUT2D eigenvalue weighted by atomic mass is 32.2. The van der Waals surface area contributed by atoms with Gasteiger partial charge < -0.3 is 0 Å². The third-order valence-electron chi connectivity index (χ3n) is 3.44. The molecule has 8 heteroatoms. The summed E-state index contributed by atoms with van der Waals surface area (Å²) in [5, 5.41) is 0. The third kappa shape index (κ3) is 4.22. The van der Waals surface area contributed by atoms with Crippen LogP contribution in [-0.4, -0.2) is 43.6 Å². The van der Waals surface area contributed by atoms with E-state index in [4.69, 9.17) is 4.84 Å². The predicted molar refractivity (Wildman–Crippen MR) is 93.3 cm³/mol. The Kier molecular flexibility index (Phi) is 5.89. The second kappa shape index (κ2) is 7.73. The van der Waals surface area contributed by atoms with Crippen molar-refractivity contribution in [2.75, 3.05) is 14.2 Å². The quantitative estimate of drug-likeness (QED) is 0.757. The zero-order valence-electron chi connectivity index (χ0n) is 14.6. The molecular weight excluding hydrogens is 342 g/mol. The van der Waals surface area contributed by atoms with Gasteiger partial charge in [0, 0.05) is 24.8 Å². The summed E-state index contributed by atoms with van der Waals surface area (Å²) in [6.45, 7) is 3.85. The van der Waals surface area contributed by atoms with E-state index in [1.807, 2.05) is 13.8 Å². The number of hydrogen-bond donors (Lipinski definition) is 0. The van der Waals surface area contributed by atoms with Gasteiger partial charge in [0.1, 0.15) is 5.49 Å². The Morgan fingerprint density at radius 2 is 1.80 bits per heavy atom. The molecule has 0 aliphatic carbocycles. The van der Waals surface area contributed by atoms with Crippen LogP contribution in [0, 0.1) is 0 Å². The summed E-state index contributed by atoms with van der Waals surface area (Å²) in [5.74, 6) is -0.288. The fraction of sp³-hybridized carbons (Fsp3) is 0.294. The molecule has 0 spiro atoms. The Hall–Kier alpha value is -2.29. The predicted octanol–water partition coefficient (Wildman–Crippen LogP) is 1.67. The van der Waals surface area contributed by atoms with Crippen LogP contribution in [-0.2, 0) is 14.9 Å². The Morgan fingerprint density at radius 1 is 1.16 bits per heavy atom. The zero-order chi connectivity index (χ0) is 18.6. The Bertz CT molecular complexity index is 915. The van der Waals surface area contributed by atoms with Crippen LogP contribution in [0.1, 0.15) is 24.2 Å². The molecule has 0 fully saturated rings. The molecule has 0 saturated heterocycles. The first kappa shape index (κ1) is 19.0. The van der Waals surface area contributed by atoms with E-state index in [0.717, 1.165) is 4.47 Å². The van der Waals surface area contributed by atoms with Gasteiger partial charge in [-0.1, -0.05) is 10.5 Å². The molecule has 0 radical (unpaired) electrons. The smallest absolute Gasteiger partial charge is 0.264 e. The Labute approximate surface area is 147 Å². The van der Waals surface area contributed by atoms with Crippen molar-refractivity contribution in [1.82, 2.24) is 9.04 Å². The van der Waals surface area contributed by atoms with Crippen LogP contribution in [0.5, 0.6) is 0 Å². The maximum atomic E-state index is 12.7. The molecular formula is C17H21N3O4S. The summed E-state index contributed by atoms with van der Waals surface area (Å²) in [6, 6.07) is 11.0. The molecule has 7 nitrogen and oxygen atoms in total. The highest BCUT2D eigenvalue weighted by Crippen LogP contribution is 2.15. The molecule has 0 atom stereocenters. The van der Waals surface area contributed by atoms with Gasteiger partial charge in [-0.2, -0.15) is 0 Å². The van der Waals surface area contributed by atoms with Gasteiger partial charge in [0.05, 0.1) is 12.0 Å². The first-order valence-electron chi connectivity index (χ1n) is 7.66. The van der Waals surface area contributed by atoms with E-state index < -0.39 is 10.0 Å². The van der Waals surface area contributed by atoms with Crippen molar-refractivity contribution in [3.8, 4) is 0 Å². The van der Waals surface area contributed by atoms with Crippen LogP contribution in [0.2, 0.25) is 0 Å². The minimum absolute atomic E-state index is 0.0403. The molecule has 0 bridgehead atoms. The lowest BCUT2D eigenvalue weighted by Gasteiger charge is -2.14. The molecule has 1 heterocycles. The van der Waals surface area contributed by atoms with E-state index in [-0.39, 0.29) is 16.8 Å². The monoisotopic (exact) mass is 363 g/mol. The fourth-order valence-electron chi connectivity index (χ4n) is 2.13. The molecule has 2 aromatic rings. The minimum atomic E-state index is -3.75. The van der Waals surface area contributed by atoms with Crippen LogP contribution in [0.15, 0.2) is 58.5 Å². The van der Waals surface area contributed by atoms with E-state index in [1.54, 1.807) is 24.4 Å². The molecule has 0 N–H and O–H groups in total. The summed E-state index contributed by atoms with van der Waals surface area (Å²) in [7, 11) is -1.18. The highest BCUT2D eigenvalue weighted by Gasteiger charge is 2.21. The molecule has 1 aromatic heterocycles. The van der Waals surface area contributed by atoms with Crippen LogP contribution >= 0.6 is 0 Å². The van der Waals surface area contributed by atoms with Crippen molar-refractivity contribution in [2.45, 2.75) is 24.8 Å². The number of rotatable bonds is 5. The average Bonchev–Trinajstić information content (AvgIpc) is 2.60. The number of nitrogens with zero attached hydrogens (tertiary/aromatic N) is 3. The second-order valence-corrected chi connectivity index (χ2v) is 7.51. The Balaban J connectivity index is 2.41. The van der Waals surface area contributed by atoms with Crippen molar-refractivity contribution < 1.29 is 18.0 Å². The van der Waals surface area contributed by atoms with Gasteiger partial charge >= 0.3 is 0 Å². The van der Waals surface area contributed by atoms with Crippen molar-refractivity contribution in [3.05, 3.63) is 59.7 Å². The first-order chi connectivity index (χ1) is 11.8. The van der Waals surface area contributed by atoms with Crippen LogP contribution < -0.4 is 5.49 Å². The molecule has 1 aromatic carbocycles. The molecule has 0 aliphatic rings. The topological polar surface area (TPSA) is 81.0 Å². The number of carbonyl (C=O) groups excluding carboxylic acids is 1. The summed E-state index contributed by atoms with van der Waals surface area (Å²) in [6.07, 6.45) is 1.63. The standard InChI is InChI=1S/C17H21N3O4S/c1-13(2)18-16-7-5-6-12-20(16)17(21)14-8-10-15(11-9-14)25(22,23)19(3)24-4/h5-13H,1-4H3. The van der Waals surface area contributed by atoms with Gasteiger partial charge in [-0.3, -0.25) is 19.2 Å². The van der Waals surface area contributed by atoms with Gasteiger partial charge in [-0.05, 0) is 50.2 Å². The van der Waals surface area contributed by atoms with Gasteiger partial charge in [0.25, 0.3) is 15.9 Å². The van der Waals surface area contributed by atoms with E-state index in [1.165, 1.54) is 43.0 Å². The van der Waals surface area contributed by atoms with Gasteiger partial charge in [0.2, 0.25) is 0 Å². The van der Waals surface area contributed by atoms with E-state index in [2.05, 4.69) is 4.99 Å². The lowest BCUT2D eigenvalue weighted by atomic mass is 10.2. The summed E-state index contributed by atoms with van der Waals surface area (Å²) in [5.41, 5.74) is 0.897. The van der Waals surface area contributed by atoms with E-state index in [0.29, 0.717) is 11.1 Å². The number of pyridine rings is 1. The normalized spacial score (nSPS) is 12.8. The molecule has 0 amide bonds. The number of carbonyl (C=O) groups is 1. The lowest BCUT2D eigenvalue weighted by molar-refractivity contribution is -0.0258. The van der Waals surface area contributed by atoms with E-state index >= 15 is 0 Å². The van der Waals surface area contributed by atoms with Gasteiger partial charge in [-0.15, -0.1) is 0 Å². The maximum absolute atomic E-state index is 12.7. The molecule has 0 aliphatic heterocycles. The highest BCUT2D eigenvalue weighted by molar-refractivity contribution is 7.89. The summed E-state index contributed by atoms with van der Waals surface area (Å²) < 4.78 is 26.6. The second-order valence-electron chi connectivity index (χ2n) is 5.58. The van der Waals surface area contributed by atoms with Crippen molar-refractivity contribution >= 4 is 15.9 Å². The number of sulfonamides is 1. The molecule has 0 unspecified atom stereocenters. The third-order valence-corrected chi connectivity index (χ3v) is 5.14. The number of benzene rings is 1. The maximum Gasteiger partial charge on any atom is 0.264 e. The molecule has 2 rings (SSSR count). The van der Waals surface area contributed by atoms with Crippen molar-refractivity contribution in [1.29, 1.82) is 0 Å². The van der Waals surface area contributed by atoms with Gasteiger partial charge in [-0.25, -0.2) is 8.42 Å². The number of hydrogen-bond acceptors (Lipinski definition) is 5. The minimum Gasteiger partial charge on any atom is -0.288 e. The Morgan fingerprint density at radius 3 is 2.36 bits per heavy atom. The van der Waals surface area contributed by atoms with Gasteiger partial charge in [0.15, 0.2) is 0 Å². The average molecular weight is 363 g/mol. The molecule has 0 saturated carbocycles. The molecule has 134 valence electrons. The largest absolute Gasteiger partial charge is 0.288 e. The van der Waals surface area contributed by atoms with Crippen LogP contribution in [0.3, 0.4) is 0 Å². The van der Waals surface area contributed by atoms with Crippen LogP contribution in [0.4, 0.5) is 0 Å². The van der Waals surface area contributed by atoms with Crippen molar-refractivity contribution in [3.63, 3.8) is 0 Å². The SMILES string of the molecule is CON(C)S(=O)(=O)c1ccc(C(=O)n2ccccc2=NC(C)C)cc1. The molecule has 25 heavy (non-hydrogen) atoms. The lowest BCUT2D eigenvalue weighted by Crippen LogP contribution is -2.28. The van der Waals surface area contributed by atoms with E-state index in [9.17, 15) is 13.2 Å². The first-order valence-corrected chi connectivity index (χ1v) is 9.10. The number of aromatic nitrogens is 1. The number of hydroxylamine groups is 1. The zero-order valence-corrected chi connectivity index (χ0v) is 15.4. The summed E-state index contributed by atoms with van der Waals surface area (Å²) in [4.78, 5) is 21.9. The van der Waals surface area contributed by atoms with Crippen LogP contribution in [0.25, 0.3) is 0 Å². The fourth-order valence-corrected chi connectivity index (χ4v) is 3.10. The van der Waals surface area contributed by atoms with Crippen molar-refractivity contribution in [2.24, 2.45) is 4.99 Å². The summed E-state index contributed by atoms with van der Waals surface area (Å²) >= 11 is 0.